The molecule has 8 aromatic rings. The molecule has 344 valence electrons. The summed E-state index contributed by atoms with van der Waals surface area (Å²) in [5.74, 6) is 0. The van der Waals surface area contributed by atoms with Gasteiger partial charge >= 0.3 is 0 Å². The van der Waals surface area contributed by atoms with Crippen molar-refractivity contribution in [3.8, 4) is 11.1 Å². The molecule has 0 aliphatic heterocycles. The fourth-order valence-corrected chi connectivity index (χ4v) is 10.4. The Hall–Kier alpha value is -6.64. The first kappa shape index (κ1) is 46.5. The van der Waals surface area contributed by atoms with E-state index in [1.54, 1.807) is 0 Å². The second-order valence-corrected chi connectivity index (χ2v) is 21.5. The SMILES string of the molecule is CCCCCCc1ccc(C2(c3ccc(C)cc3)c3cc(N(c4ccc(C)cc4)c4ccc(C(C)(C)C)cc4)ccc3-c3ccc(N(c4ccc(C)cc4)c4ccc(C(C)(C)C)cc4)cc32)cc1. The molecule has 2 nitrogen and oxygen atoms in total. The van der Waals surface area contributed by atoms with Crippen molar-refractivity contribution in [3.05, 3.63) is 238 Å². The van der Waals surface area contributed by atoms with Gasteiger partial charge in [-0.15, -0.1) is 0 Å². The number of hydrogen-bond donors (Lipinski definition) is 0. The minimum Gasteiger partial charge on any atom is -0.310 e. The maximum atomic E-state index is 2.51. The van der Waals surface area contributed by atoms with Crippen LogP contribution in [0.1, 0.15) is 130 Å². The predicted octanol–water partition coefficient (Wildman–Crippen LogP) is 18.6. The normalized spacial score (nSPS) is 13.0. The van der Waals surface area contributed by atoms with Gasteiger partial charge in [-0.1, -0.05) is 194 Å². The van der Waals surface area contributed by atoms with E-state index in [1.165, 1.54) is 92.4 Å². The van der Waals surface area contributed by atoms with E-state index in [0.29, 0.717) is 0 Å². The summed E-state index contributed by atoms with van der Waals surface area (Å²) in [6.45, 7) is 22.5. The Labute approximate surface area is 408 Å². The number of aryl methyl sites for hydroxylation is 4. The van der Waals surface area contributed by atoms with Crippen LogP contribution in [0, 0.1) is 20.8 Å². The van der Waals surface area contributed by atoms with Gasteiger partial charge in [-0.25, -0.2) is 0 Å². The quantitative estimate of drug-likeness (QED) is 0.106. The van der Waals surface area contributed by atoms with Crippen LogP contribution in [0.25, 0.3) is 11.1 Å². The number of anilines is 6. The van der Waals surface area contributed by atoms with Crippen molar-refractivity contribution in [1.82, 2.24) is 0 Å². The van der Waals surface area contributed by atoms with Crippen LogP contribution in [-0.2, 0) is 22.7 Å². The van der Waals surface area contributed by atoms with Gasteiger partial charge in [0.15, 0.2) is 0 Å². The van der Waals surface area contributed by atoms with E-state index in [4.69, 9.17) is 0 Å². The van der Waals surface area contributed by atoms with Crippen LogP contribution >= 0.6 is 0 Å². The van der Waals surface area contributed by atoms with Gasteiger partial charge in [0.1, 0.15) is 0 Å². The van der Waals surface area contributed by atoms with E-state index < -0.39 is 5.41 Å². The maximum Gasteiger partial charge on any atom is 0.0715 e. The minimum absolute atomic E-state index is 0.0506. The zero-order chi connectivity index (χ0) is 47.8. The molecule has 0 aromatic heterocycles. The molecule has 0 saturated carbocycles. The van der Waals surface area contributed by atoms with Crippen molar-refractivity contribution in [2.24, 2.45) is 0 Å². The van der Waals surface area contributed by atoms with E-state index in [9.17, 15) is 0 Å². The lowest BCUT2D eigenvalue weighted by molar-refractivity contribution is 0.590. The summed E-state index contributed by atoms with van der Waals surface area (Å²) >= 11 is 0. The first-order chi connectivity index (χ1) is 32.6. The molecule has 8 aromatic carbocycles. The van der Waals surface area contributed by atoms with E-state index in [-0.39, 0.29) is 10.8 Å². The van der Waals surface area contributed by atoms with Crippen LogP contribution in [0.2, 0.25) is 0 Å². The average molecular weight is 891 g/mol. The van der Waals surface area contributed by atoms with Crippen LogP contribution in [0.3, 0.4) is 0 Å². The average Bonchev–Trinajstić information content (AvgIpc) is 3.61. The van der Waals surface area contributed by atoms with Crippen LogP contribution < -0.4 is 9.80 Å². The summed E-state index contributed by atoms with van der Waals surface area (Å²) in [5, 5.41) is 0. The Morgan fingerprint density at radius 2 is 0.706 bits per heavy atom. The van der Waals surface area contributed by atoms with Crippen LogP contribution in [0.4, 0.5) is 34.1 Å². The van der Waals surface area contributed by atoms with E-state index in [0.717, 1.165) is 40.5 Å². The highest BCUT2D eigenvalue weighted by Gasteiger charge is 2.47. The van der Waals surface area contributed by atoms with E-state index in [2.05, 4.69) is 261 Å². The topological polar surface area (TPSA) is 6.48 Å². The second kappa shape index (κ2) is 18.8. The first-order valence-electron chi connectivity index (χ1n) is 25.1. The Balaban J connectivity index is 1.30. The largest absolute Gasteiger partial charge is 0.310 e. The summed E-state index contributed by atoms with van der Waals surface area (Å²) < 4.78 is 0. The third kappa shape index (κ3) is 9.06. The van der Waals surface area contributed by atoms with Crippen molar-refractivity contribution in [1.29, 1.82) is 0 Å². The minimum atomic E-state index is -0.630. The summed E-state index contributed by atoms with van der Waals surface area (Å²) in [5.41, 5.74) is 21.7. The van der Waals surface area contributed by atoms with Gasteiger partial charge in [0.2, 0.25) is 0 Å². The highest BCUT2D eigenvalue weighted by atomic mass is 15.1. The van der Waals surface area contributed by atoms with Gasteiger partial charge in [0.25, 0.3) is 0 Å². The highest BCUT2D eigenvalue weighted by molar-refractivity contribution is 5.92. The fraction of sp³-hybridized carbons (Fsp3) is 0.273. The molecule has 0 heterocycles. The van der Waals surface area contributed by atoms with E-state index in [1.807, 2.05) is 0 Å². The predicted molar refractivity (Wildman–Crippen MR) is 293 cm³/mol. The molecule has 1 aliphatic carbocycles. The number of hydrogen-bond acceptors (Lipinski definition) is 2. The smallest absolute Gasteiger partial charge is 0.0715 e. The van der Waals surface area contributed by atoms with Gasteiger partial charge in [-0.3, -0.25) is 0 Å². The second-order valence-electron chi connectivity index (χ2n) is 21.5. The van der Waals surface area contributed by atoms with Crippen molar-refractivity contribution < 1.29 is 0 Å². The molecule has 0 bridgehead atoms. The molecular formula is C66H70N2. The molecule has 2 heteroatoms. The van der Waals surface area contributed by atoms with Crippen molar-refractivity contribution in [2.45, 2.75) is 118 Å². The number of nitrogens with zero attached hydrogens (tertiary/aromatic N) is 2. The number of benzene rings is 8. The molecule has 0 radical (unpaired) electrons. The molecular weight excluding hydrogens is 821 g/mol. The van der Waals surface area contributed by atoms with Gasteiger partial charge < -0.3 is 9.80 Å². The molecule has 0 amide bonds. The first-order valence-corrected chi connectivity index (χ1v) is 25.1. The van der Waals surface area contributed by atoms with Crippen LogP contribution in [0.5, 0.6) is 0 Å². The van der Waals surface area contributed by atoms with Crippen LogP contribution in [0.15, 0.2) is 182 Å². The molecule has 9 rings (SSSR count). The lowest BCUT2D eigenvalue weighted by Crippen LogP contribution is -2.29. The van der Waals surface area contributed by atoms with Crippen molar-refractivity contribution in [3.63, 3.8) is 0 Å². The standard InChI is InChI=1S/C66H70N2/c1-11-12-13-14-15-49-22-26-53(27-23-49)66(52-24-16-46(2)17-25-52)62-44-58(67(54-32-18-47(3)19-33-54)56-36-28-50(29-37-56)64(5,6)7)40-42-60(62)61-43-41-59(45-63(61)66)68(55-34-20-48(4)21-35-55)57-38-30-51(31-39-57)65(8,9)10/h16-45H,11-15H2,1-10H3. The molecule has 0 saturated heterocycles. The summed E-state index contributed by atoms with van der Waals surface area (Å²) in [6.07, 6.45) is 6.11. The van der Waals surface area contributed by atoms with Gasteiger partial charge in [0.05, 0.1) is 5.41 Å². The molecule has 1 aliphatic rings. The van der Waals surface area contributed by atoms with Crippen LogP contribution in [-0.4, -0.2) is 0 Å². The maximum absolute atomic E-state index is 2.51. The third-order valence-corrected chi connectivity index (χ3v) is 14.4. The summed E-state index contributed by atoms with van der Waals surface area (Å²) in [4.78, 5) is 4.89. The Morgan fingerprint density at radius 3 is 1.07 bits per heavy atom. The fourth-order valence-electron chi connectivity index (χ4n) is 10.4. The molecule has 0 N–H and O–H groups in total. The van der Waals surface area contributed by atoms with Crippen molar-refractivity contribution >= 4 is 34.1 Å². The Kier molecular flexibility index (Phi) is 12.8. The Morgan fingerprint density at radius 1 is 0.368 bits per heavy atom. The van der Waals surface area contributed by atoms with Gasteiger partial charge in [0, 0.05) is 34.1 Å². The van der Waals surface area contributed by atoms with Gasteiger partial charge in [-0.2, -0.15) is 0 Å². The Bertz CT molecular complexity index is 2820. The highest BCUT2D eigenvalue weighted by Crippen LogP contribution is 2.58. The summed E-state index contributed by atoms with van der Waals surface area (Å²) in [6, 6.07) is 70.0. The lowest BCUT2D eigenvalue weighted by Gasteiger charge is -2.36. The number of fused-ring (bicyclic) bond motifs is 3. The zero-order valence-electron chi connectivity index (χ0n) is 42.3. The van der Waals surface area contributed by atoms with Crippen molar-refractivity contribution in [2.75, 3.05) is 9.80 Å². The number of unbranched alkanes of at least 4 members (excludes halogenated alkanes) is 3. The van der Waals surface area contributed by atoms with E-state index >= 15 is 0 Å². The molecule has 0 spiro atoms. The third-order valence-electron chi connectivity index (χ3n) is 14.4. The molecule has 68 heavy (non-hydrogen) atoms. The van der Waals surface area contributed by atoms with Gasteiger partial charge in [-0.05, 0) is 167 Å². The zero-order valence-corrected chi connectivity index (χ0v) is 42.3. The lowest BCUT2D eigenvalue weighted by atomic mass is 9.67. The summed E-state index contributed by atoms with van der Waals surface area (Å²) in [7, 11) is 0. The molecule has 0 fully saturated rings. The number of rotatable bonds is 13. The monoisotopic (exact) mass is 891 g/mol. The molecule has 0 atom stereocenters. The molecule has 0 unspecified atom stereocenters.